The maximum atomic E-state index is 15.4. The number of nitrogens with zero attached hydrogens (tertiary/aromatic N) is 2. The highest BCUT2D eigenvalue weighted by atomic mass is 19.1. The van der Waals surface area contributed by atoms with E-state index < -0.39 is 22.9 Å². The van der Waals surface area contributed by atoms with Crippen LogP contribution < -0.4 is 20.8 Å². The molecular weight excluding hydrogens is 413 g/mol. The number of ether oxygens (including phenoxy) is 1. The summed E-state index contributed by atoms with van der Waals surface area (Å²) >= 11 is 0. The molecule has 3 N–H and O–H groups in total. The third-order valence-corrected chi connectivity index (χ3v) is 7.47. The van der Waals surface area contributed by atoms with Gasteiger partial charge in [0.15, 0.2) is 5.75 Å². The third-order valence-electron chi connectivity index (χ3n) is 7.47. The highest BCUT2D eigenvalue weighted by Gasteiger charge is 2.52. The van der Waals surface area contributed by atoms with Crippen molar-refractivity contribution in [3.8, 4) is 5.75 Å². The van der Waals surface area contributed by atoms with Gasteiger partial charge in [0.2, 0.25) is 5.43 Å². The van der Waals surface area contributed by atoms with E-state index in [9.17, 15) is 9.59 Å². The fourth-order valence-corrected chi connectivity index (χ4v) is 5.87. The lowest BCUT2D eigenvalue weighted by molar-refractivity contribution is 0.139. The number of nitrogens with two attached hydrogens (primary N) is 1. The molecule has 1 aliphatic heterocycles. The van der Waals surface area contributed by atoms with Gasteiger partial charge in [-0.2, -0.15) is 0 Å². The largest absolute Gasteiger partial charge is 0.511 e. The van der Waals surface area contributed by atoms with Crippen LogP contribution in [0, 0.1) is 23.6 Å². The number of aromatic nitrogens is 1. The maximum Gasteiger partial charge on any atom is 0.511 e. The minimum absolute atomic E-state index is 0.0913. The van der Waals surface area contributed by atoms with Crippen molar-refractivity contribution in [2.45, 2.75) is 44.7 Å². The molecule has 8 heteroatoms. The quantitative estimate of drug-likeness (QED) is 0.545. The zero-order valence-electron chi connectivity index (χ0n) is 18.5. The molecule has 32 heavy (non-hydrogen) atoms. The predicted molar refractivity (Wildman–Crippen MR) is 120 cm³/mol. The van der Waals surface area contributed by atoms with E-state index in [0.717, 1.165) is 19.4 Å². The van der Waals surface area contributed by atoms with Crippen molar-refractivity contribution in [2.24, 2.45) is 23.5 Å². The Hall–Kier alpha value is -2.87. The van der Waals surface area contributed by atoms with Crippen molar-refractivity contribution in [3.05, 3.63) is 46.5 Å². The van der Waals surface area contributed by atoms with E-state index in [2.05, 4.69) is 17.1 Å². The van der Waals surface area contributed by atoms with Crippen molar-refractivity contribution in [1.82, 2.24) is 4.57 Å². The molecule has 4 unspecified atom stereocenters. The van der Waals surface area contributed by atoms with E-state index in [1.165, 1.54) is 12.3 Å². The highest BCUT2D eigenvalue weighted by molar-refractivity contribution is 5.85. The van der Waals surface area contributed by atoms with Crippen LogP contribution in [0.4, 0.5) is 14.9 Å². The monoisotopic (exact) mass is 441 g/mol. The zero-order chi connectivity index (χ0) is 23.0. The first-order valence-electron chi connectivity index (χ1n) is 11.0. The van der Waals surface area contributed by atoms with Gasteiger partial charge >= 0.3 is 6.16 Å². The Morgan fingerprint density at radius 3 is 2.66 bits per heavy atom. The van der Waals surface area contributed by atoms with Crippen LogP contribution in [-0.4, -0.2) is 34.5 Å². The summed E-state index contributed by atoms with van der Waals surface area (Å²) < 4.78 is 21.8. The smallest absolute Gasteiger partial charge is 0.449 e. The molecule has 7 nitrogen and oxygen atoms in total. The number of rotatable bonds is 2. The standard InChI is InChI=1S/C24H28FN3O4/c1-23(2,3)28-12-20(32-22(30)31)21(29)14-8-17(25)19(9-18(14)28)27-10-15-13-4-6-24(26,7-5-13)16(15)11-27/h4,6,8-9,12-13,15-16H,5,7,10-11,26H2,1-3H3,(H,30,31). The van der Waals surface area contributed by atoms with E-state index in [-0.39, 0.29) is 22.6 Å². The average Bonchev–Trinajstić information content (AvgIpc) is 3.17. The second kappa shape index (κ2) is 6.81. The molecule has 1 saturated carbocycles. The van der Waals surface area contributed by atoms with Gasteiger partial charge in [-0.25, -0.2) is 9.18 Å². The first kappa shape index (κ1) is 21.0. The summed E-state index contributed by atoms with van der Waals surface area (Å²) in [5, 5.41) is 9.09. The molecule has 3 aliphatic carbocycles. The van der Waals surface area contributed by atoms with Crippen LogP contribution in [0.3, 0.4) is 0 Å². The van der Waals surface area contributed by atoms with Gasteiger partial charge in [0.1, 0.15) is 5.82 Å². The minimum atomic E-state index is -1.59. The Balaban J connectivity index is 1.63. The third kappa shape index (κ3) is 3.11. The van der Waals surface area contributed by atoms with Gasteiger partial charge in [0.05, 0.1) is 22.8 Å². The SMILES string of the molecule is CC(C)(C)n1cc(OC(=O)O)c(=O)c2cc(F)c(N3CC4C5C=CC(N)(CC5)C4C3)cc21. The van der Waals surface area contributed by atoms with Crippen molar-refractivity contribution >= 4 is 22.7 Å². The summed E-state index contributed by atoms with van der Waals surface area (Å²) in [6, 6.07) is 2.91. The first-order valence-corrected chi connectivity index (χ1v) is 11.0. The Labute approximate surface area is 185 Å². The summed E-state index contributed by atoms with van der Waals surface area (Å²) in [4.78, 5) is 26.0. The van der Waals surface area contributed by atoms with E-state index in [0.29, 0.717) is 29.6 Å². The fourth-order valence-electron chi connectivity index (χ4n) is 5.87. The topological polar surface area (TPSA) is 97.8 Å². The van der Waals surface area contributed by atoms with Gasteiger partial charge in [-0.05, 0) is 57.6 Å². The highest BCUT2D eigenvalue weighted by Crippen LogP contribution is 2.50. The second-order valence-electron chi connectivity index (χ2n) is 10.4. The van der Waals surface area contributed by atoms with Gasteiger partial charge in [-0.3, -0.25) is 4.79 Å². The van der Waals surface area contributed by atoms with Gasteiger partial charge in [-0.15, -0.1) is 0 Å². The number of allylic oxidation sites excluding steroid dienone is 1. The van der Waals surface area contributed by atoms with Crippen molar-refractivity contribution < 1.29 is 19.0 Å². The predicted octanol–water partition coefficient (Wildman–Crippen LogP) is 3.68. The van der Waals surface area contributed by atoms with Crippen LogP contribution in [0.1, 0.15) is 33.6 Å². The summed E-state index contributed by atoms with van der Waals surface area (Å²) in [7, 11) is 0. The summed E-state index contributed by atoms with van der Waals surface area (Å²) in [6.07, 6.45) is 6.20. The first-order chi connectivity index (χ1) is 15.0. The zero-order valence-corrected chi connectivity index (χ0v) is 18.5. The summed E-state index contributed by atoms with van der Waals surface area (Å²) in [5.74, 6) is 0.296. The number of carboxylic acid groups (broad SMARTS) is 1. The molecule has 0 amide bonds. The van der Waals surface area contributed by atoms with Crippen LogP contribution >= 0.6 is 0 Å². The van der Waals surface area contributed by atoms with Gasteiger partial charge in [0, 0.05) is 30.1 Å². The Morgan fingerprint density at radius 2 is 2.06 bits per heavy atom. The number of hydrogen-bond acceptors (Lipinski definition) is 5. The van der Waals surface area contributed by atoms with Crippen LogP contribution in [-0.2, 0) is 5.54 Å². The molecule has 0 radical (unpaired) electrons. The van der Waals surface area contributed by atoms with Gasteiger partial charge in [0.25, 0.3) is 0 Å². The van der Waals surface area contributed by atoms with Crippen molar-refractivity contribution in [1.29, 1.82) is 0 Å². The maximum absolute atomic E-state index is 15.4. The van der Waals surface area contributed by atoms with Crippen LogP contribution in [0.15, 0.2) is 35.3 Å². The molecule has 1 aromatic heterocycles. The molecule has 2 aromatic rings. The average molecular weight is 442 g/mol. The molecule has 4 aliphatic rings. The van der Waals surface area contributed by atoms with Crippen LogP contribution in [0.5, 0.6) is 5.75 Å². The minimum Gasteiger partial charge on any atom is -0.449 e. The molecule has 0 spiro atoms. The van der Waals surface area contributed by atoms with Crippen molar-refractivity contribution in [2.75, 3.05) is 18.0 Å². The number of halogens is 1. The molecule has 1 saturated heterocycles. The van der Waals surface area contributed by atoms with Gasteiger partial charge < -0.3 is 25.0 Å². The van der Waals surface area contributed by atoms with E-state index in [1.807, 2.05) is 20.8 Å². The number of anilines is 1. The molecule has 6 rings (SSSR count). The van der Waals surface area contributed by atoms with Crippen molar-refractivity contribution in [3.63, 3.8) is 0 Å². The molecule has 4 atom stereocenters. The number of hydrogen-bond donors (Lipinski definition) is 2. The van der Waals surface area contributed by atoms with E-state index >= 15 is 4.39 Å². The molecule has 2 fully saturated rings. The van der Waals surface area contributed by atoms with Crippen LogP contribution in [0.2, 0.25) is 0 Å². The number of benzene rings is 1. The Morgan fingerprint density at radius 1 is 1.31 bits per heavy atom. The lowest BCUT2D eigenvalue weighted by Crippen LogP contribution is -2.55. The van der Waals surface area contributed by atoms with E-state index in [4.69, 9.17) is 15.6 Å². The number of fused-ring (bicyclic) bond motifs is 2. The van der Waals surface area contributed by atoms with Gasteiger partial charge in [-0.1, -0.05) is 12.2 Å². The molecule has 1 aromatic carbocycles. The molecule has 2 bridgehead atoms. The molecule has 2 heterocycles. The summed E-state index contributed by atoms with van der Waals surface area (Å²) in [5.41, 5.74) is 6.19. The lowest BCUT2D eigenvalue weighted by Gasteiger charge is -2.47. The van der Waals surface area contributed by atoms with Crippen LogP contribution in [0.25, 0.3) is 10.9 Å². The van der Waals surface area contributed by atoms with E-state index in [1.54, 1.807) is 10.6 Å². The Kier molecular flexibility index (Phi) is 4.47. The normalized spacial score (nSPS) is 28.9. The molecular formula is C24H28FN3O4. The summed E-state index contributed by atoms with van der Waals surface area (Å²) in [6.45, 7) is 7.18. The lowest BCUT2D eigenvalue weighted by atomic mass is 9.60. The number of pyridine rings is 1. The second-order valence-corrected chi connectivity index (χ2v) is 10.4. The fraction of sp³-hybridized carbons (Fsp3) is 0.500. The Bertz CT molecular complexity index is 1210. The number of carbonyl (C=O) groups is 1. The molecule has 170 valence electrons.